The second kappa shape index (κ2) is 8.24. The molecule has 1 aliphatic rings. The minimum Gasteiger partial charge on any atom is -0.496 e. The number of amides is 2. The summed E-state index contributed by atoms with van der Waals surface area (Å²) in [6.07, 6.45) is 2.50. The summed E-state index contributed by atoms with van der Waals surface area (Å²) in [7, 11) is 1.61. The van der Waals surface area contributed by atoms with Gasteiger partial charge >= 0.3 is 0 Å². The fourth-order valence-corrected chi connectivity index (χ4v) is 3.52. The van der Waals surface area contributed by atoms with E-state index in [0.717, 1.165) is 42.5 Å². The number of anilines is 1. The highest BCUT2D eigenvalue weighted by Gasteiger charge is 2.34. The van der Waals surface area contributed by atoms with Crippen molar-refractivity contribution in [1.29, 1.82) is 0 Å². The predicted molar refractivity (Wildman–Crippen MR) is 99.5 cm³/mol. The highest BCUT2D eigenvalue weighted by Crippen LogP contribution is 2.35. The topological polar surface area (TPSA) is 49.9 Å². The molecule has 2 amide bonds. The third-order valence-electron chi connectivity index (χ3n) is 3.95. The molecular weight excluding hydrogens is 324 g/mol. The van der Waals surface area contributed by atoms with Crippen LogP contribution in [0.2, 0.25) is 0 Å². The number of imide groups is 1. The van der Waals surface area contributed by atoms with E-state index in [-0.39, 0.29) is 11.1 Å². The Morgan fingerprint density at radius 1 is 1.21 bits per heavy atom. The predicted octanol–water partition coefficient (Wildman–Crippen LogP) is 3.99. The Bertz CT molecular complexity index is 654. The van der Waals surface area contributed by atoms with Gasteiger partial charge in [0, 0.05) is 37.0 Å². The number of rotatable bonds is 7. The van der Waals surface area contributed by atoms with E-state index in [0.29, 0.717) is 17.2 Å². The zero-order valence-electron chi connectivity index (χ0n) is 14.7. The Balaban J connectivity index is 2.32. The van der Waals surface area contributed by atoms with Crippen molar-refractivity contribution < 1.29 is 14.3 Å². The molecule has 130 valence electrons. The van der Waals surface area contributed by atoms with Crippen molar-refractivity contribution >= 4 is 34.7 Å². The standard InChI is InChI=1S/C18H24N2O3S/c1-5-10-20-17(21)16(24-18(20)22)11-13-8-9-14(12-15(13)23-4)19(6-2)7-3/h8-9,11-12H,5-7,10H2,1-4H3/b16-11+. The maximum atomic E-state index is 12.3. The Morgan fingerprint density at radius 3 is 2.50 bits per heavy atom. The van der Waals surface area contributed by atoms with Crippen LogP contribution in [-0.4, -0.2) is 42.8 Å². The van der Waals surface area contributed by atoms with Gasteiger partial charge in [-0.25, -0.2) is 0 Å². The van der Waals surface area contributed by atoms with Crippen LogP contribution in [0.4, 0.5) is 10.5 Å². The molecule has 0 aliphatic carbocycles. The summed E-state index contributed by atoms with van der Waals surface area (Å²) in [4.78, 5) is 28.3. The second-order valence-electron chi connectivity index (χ2n) is 5.43. The van der Waals surface area contributed by atoms with Crippen molar-refractivity contribution in [2.75, 3.05) is 31.6 Å². The summed E-state index contributed by atoms with van der Waals surface area (Å²) in [6.45, 7) is 8.44. The quantitative estimate of drug-likeness (QED) is 0.698. The molecule has 1 fully saturated rings. The molecule has 0 spiro atoms. The number of methoxy groups -OCH3 is 1. The molecule has 0 radical (unpaired) electrons. The fraction of sp³-hybridized carbons (Fsp3) is 0.444. The first-order valence-electron chi connectivity index (χ1n) is 8.24. The average Bonchev–Trinajstić information content (AvgIpc) is 2.85. The first-order chi connectivity index (χ1) is 11.5. The summed E-state index contributed by atoms with van der Waals surface area (Å²) >= 11 is 0.988. The van der Waals surface area contributed by atoms with E-state index >= 15 is 0 Å². The van der Waals surface area contributed by atoms with Crippen LogP contribution in [0, 0.1) is 0 Å². The van der Waals surface area contributed by atoms with E-state index in [1.54, 1.807) is 13.2 Å². The van der Waals surface area contributed by atoms with Gasteiger partial charge in [0.05, 0.1) is 12.0 Å². The summed E-state index contributed by atoms with van der Waals surface area (Å²) in [5.41, 5.74) is 1.88. The lowest BCUT2D eigenvalue weighted by atomic mass is 10.1. The van der Waals surface area contributed by atoms with Crippen molar-refractivity contribution in [2.24, 2.45) is 0 Å². The molecule has 0 N–H and O–H groups in total. The zero-order chi connectivity index (χ0) is 17.7. The highest BCUT2D eigenvalue weighted by atomic mass is 32.2. The Morgan fingerprint density at radius 2 is 1.92 bits per heavy atom. The molecule has 0 bridgehead atoms. The lowest BCUT2D eigenvalue weighted by Gasteiger charge is -2.22. The number of hydrogen-bond donors (Lipinski definition) is 0. The number of nitrogens with zero attached hydrogens (tertiary/aromatic N) is 2. The molecule has 0 saturated carbocycles. The minimum absolute atomic E-state index is 0.202. The Labute approximate surface area is 147 Å². The molecule has 24 heavy (non-hydrogen) atoms. The van der Waals surface area contributed by atoms with Gasteiger partial charge in [0.1, 0.15) is 5.75 Å². The van der Waals surface area contributed by atoms with Crippen molar-refractivity contribution in [3.63, 3.8) is 0 Å². The molecular formula is C18H24N2O3S. The Hall–Kier alpha value is -1.95. The van der Waals surface area contributed by atoms with Crippen LogP contribution in [0.25, 0.3) is 6.08 Å². The van der Waals surface area contributed by atoms with Crippen molar-refractivity contribution in [2.45, 2.75) is 27.2 Å². The van der Waals surface area contributed by atoms with Gasteiger partial charge in [-0.05, 0) is 50.2 Å². The molecule has 1 aromatic carbocycles. The van der Waals surface area contributed by atoms with E-state index in [4.69, 9.17) is 4.74 Å². The molecule has 5 nitrogen and oxygen atoms in total. The summed E-state index contributed by atoms with van der Waals surface area (Å²) in [6, 6.07) is 5.91. The van der Waals surface area contributed by atoms with Crippen LogP contribution in [0.1, 0.15) is 32.8 Å². The smallest absolute Gasteiger partial charge is 0.293 e. The van der Waals surface area contributed by atoms with Gasteiger partial charge in [-0.3, -0.25) is 14.5 Å². The summed E-state index contributed by atoms with van der Waals surface area (Å²) < 4.78 is 5.48. The second-order valence-corrected chi connectivity index (χ2v) is 6.43. The SMILES string of the molecule is CCCN1C(=O)S/C(=C/c2ccc(N(CC)CC)cc2OC)C1=O. The monoisotopic (exact) mass is 348 g/mol. The van der Waals surface area contributed by atoms with E-state index in [2.05, 4.69) is 18.7 Å². The van der Waals surface area contributed by atoms with Crippen molar-refractivity contribution in [3.8, 4) is 5.75 Å². The average molecular weight is 348 g/mol. The summed E-state index contributed by atoms with van der Waals surface area (Å²) in [5.74, 6) is 0.475. The maximum absolute atomic E-state index is 12.3. The third kappa shape index (κ3) is 3.75. The molecule has 0 aromatic heterocycles. The van der Waals surface area contributed by atoms with Gasteiger partial charge in [0.15, 0.2) is 0 Å². The van der Waals surface area contributed by atoms with Gasteiger partial charge in [-0.1, -0.05) is 6.92 Å². The molecule has 0 atom stereocenters. The van der Waals surface area contributed by atoms with Crippen LogP contribution in [-0.2, 0) is 4.79 Å². The molecule has 2 rings (SSSR count). The van der Waals surface area contributed by atoms with Crippen molar-refractivity contribution in [1.82, 2.24) is 4.90 Å². The van der Waals surface area contributed by atoms with Gasteiger partial charge in [-0.15, -0.1) is 0 Å². The maximum Gasteiger partial charge on any atom is 0.293 e. The lowest BCUT2D eigenvalue weighted by molar-refractivity contribution is -0.122. The van der Waals surface area contributed by atoms with Crippen molar-refractivity contribution in [3.05, 3.63) is 28.7 Å². The molecule has 0 unspecified atom stereocenters. The van der Waals surface area contributed by atoms with Gasteiger partial charge in [0.2, 0.25) is 0 Å². The highest BCUT2D eigenvalue weighted by molar-refractivity contribution is 8.18. The number of hydrogen-bond acceptors (Lipinski definition) is 5. The lowest BCUT2D eigenvalue weighted by Crippen LogP contribution is -2.28. The first-order valence-corrected chi connectivity index (χ1v) is 9.05. The fourth-order valence-electron chi connectivity index (χ4n) is 2.66. The van der Waals surface area contributed by atoms with Crippen LogP contribution in [0.5, 0.6) is 5.75 Å². The Kier molecular flexibility index (Phi) is 6.31. The molecule has 6 heteroatoms. The largest absolute Gasteiger partial charge is 0.496 e. The number of ether oxygens (including phenoxy) is 1. The molecule has 1 aromatic rings. The number of benzene rings is 1. The van der Waals surface area contributed by atoms with Crippen LogP contribution < -0.4 is 9.64 Å². The molecule has 1 aliphatic heterocycles. The number of carbonyl (C=O) groups excluding carboxylic acids is 2. The summed E-state index contributed by atoms with van der Waals surface area (Å²) in [5, 5.41) is -0.202. The van der Waals surface area contributed by atoms with E-state index in [1.807, 2.05) is 25.1 Å². The van der Waals surface area contributed by atoms with E-state index < -0.39 is 0 Å². The van der Waals surface area contributed by atoms with Crippen LogP contribution in [0.3, 0.4) is 0 Å². The number of carbonyl (C=O) groups is 2. The first kappa shape index (κ1) is 18.4. The van der Waals surface area contributed by atoms with Gasteiger partial charge in [-0.2, -0.15) is 0 Å². The normalized spacial score (nSPS) is 16.2. The molecule has 1 saturated heterocycles. The minimum atomic E-state index is -0.221. The van der Waals surface area contributed by atoms with Gasteiger partial charge < -0.3 is 9.64 Å². The third-order valence-corrected chi connectivity index (χ3v) is 4.86. The molecule has 1 heterocycles. The number of thioether (sulfide) groups is 1. The van der Waals surface area contributed by atoms with Gasteiger partial charge in [0.25, 0.3) is 11.1 Å². The van der Waals surface area contributed by atoms with Crippen LogP contribution >= 0.6 is 11.8 Å². The zero-order valence-corrected chi connectivity index (χ0v) is 15.5. The van der Waals surface area contributed by atoms with E-state index in [9.17, 15) is 9.59 Å². The van der Waals surface area contributed by atoms with E-state index in [1.165, 1.54) is 4.90 Å². The van der Waals surface area contributed by atoms with Crippen LogP contribution in [0.15, 0.2) is 23.1 Å².